The molecule has 0 amide bonds. The van der Waals surface area contributed by atoms with E-state index < -0.39 is 0 Å². The van der Waals surface area contributed by atoms with Gasteiger partial charge < -0.3 is 4.98 Å². The van der Waals surface area contributed by atoms with Gasteiger partial charge in [0.25, 0.3) is 0 Å². The molecule has 0 aliphatic heterocycles. The maximum absolute atomic E-state index is 12.0. The van der Waals surface area contributed by atoms with Crippen LogP contribution in [0.25, 0.3) is 16.6 Å². The Kier molecular flexibility index (Phi) is 2.33. The first-order chi connectivity index (χ1) is 8.66. The molecule has 3 aromatic rings. The molecule has 0 saturated carbocycles. The van der Waals surface area contributed by atoms with Gasteiger partial charge in [-0.15, -0.1) is 0 Å². The summed E-state index contributed by atoms with van der Waals surface area (Å²) in [5.41, 5.74) is 4.95. The van der Waals surface area contributed by atoms with E-state index in [0.29, 0.717) is 0 Å². The molecule has 1 N–H and O–H groups in total. The first kappa shape index (κ1) is 10.8. The predicted molar refractivity (Wildman–Crippen MR) is 72.9 cm³/mol. The summed E-state index contributed by atoms with van der Waals surface area (Å²) >= 11 is 0. The molecule has 0 aliphatic rings. The van der Waals surface area contributed by atoms with Crippen molar-refractivity contribution >= 4 is 5.52 Å². The highest BCUT2D eigenvalue weighted by molar-refractivity contribution is 5.73. The van der Waals surface area contributed by atoms with Crippen molar-refractivity contribution in [3.05, 3.63) is 64.3 Å². The minimum absolute atomic E-state index is 0.0790. The van der Waals surface area contributed by atoms with Crippen molar-refractivity contribution in [2.45, 2.75) is 13.8 Å². The Labute approximate surface area is 105 Å². The van der Waals surface area contributed by atoms with Crippen LogP contribution in [0.4, 0.5) is 0 Å². The Morgan fingerprint density at radius 2 is 1.78 bits per heavy atom. The number of fused-ring (bicyclic) bond motifs is 1. The molecular weight excluding hydrogens is 224 g/mol. The van der Waals surface area contributed by atoms with E-state index in [9.17, 15) is 4.79 Å². The molecule has 2 aromatic heterocycles. The summed E-state index contributed by atoms with van der Waals surface area (Å²) in [6, 6.07) is 14.2. The third-order valence-corrected chi connectivity index (χ3v) is 3.23. The number of aromatic amines is 1. The smallest absolute Gasteiger partial charge is 0.311 e. The van der Waals surface area contributed by atoms with E-state index in [4.69, 9.17) is 0 Å². The molecule has 3 rings (SSSR count). The fourth-order valence-corrected chi connectivity index (χ4v) is 2.40. The van der Waals surface area contributed by atoms with Gasteiger partial charge in [-0.05, 0) is 31.5 Å². The number of benzene rings is 1. The topological polar surface area (TPSA) is 37.3 Å². The monoisotopic (exact) mass is 238 g/mol. The molecule has 18 heavy (non-hydrogen) atoms. The van der Waals surface area contributed by atoms with Crippen molar-refractivity contribution in [2.24, 2.45) is 0 Å². The van der Waals surface area contributed by atoms with Crippen LogP contribution in [-0.2, 0) is 0 Å². The minimum Gasteiger partial charge on any atom is -0.311 e. The minimum atomic E-state index is -0.0790. The lowest BCUT2D eigenvalue weighted by atomic mass is 10.1. The zero-order valence-electron chi connectivity index (χ0n) is 10.4. The van der Waals surface area contributed by atoms with Gasteiger partial charge in [-0.1, -0.05) is 30.3 Å². The lowest BCUT2D eigenvalue weighted by Crippen LogP contribution is -2.17. The van der Waals surface area contributed by atoms with Crippen molar-refractivity contribution in [3.63, 3.8) is 0 Å². The van der Waals surface area contributed by atoms with Crippen LogP contribution in [0.15, 0.2) is 47.3 Å². The summed E-state index contributed by atoms with van der Waals surface area (Å²) in [7, 11) is 0. The second kappa shape index (κ2) is 3.88. The van der Waals surface area contributed by atoms with Crippen LogP contribution in [0.1, 0.15) is 11.4 Å². The molecule has 0 unspecified atom stereocenters. The Balaban J connectivity index is 2.37. The standard InChI is InChI=1S/C15H14N2O/c1-10-8-13-9-14(12-6-4-3-5-7-12)11(2)17(13)15(18)16-10/h3-9H,1-2H3,(H,16,18). The van der Waals surface area contributed by atoms with Gasteiger partial charge in [-0.3, -0.25) is 4.40 Å². The van der Waals surface area contributed by atoms with Crippen LogP contribution in [-0.4, -0.2) is 9.38 Å². The molecule has 0 fully saturated rings. The van der Waals surface area contributed by atoms with Gasteiger partial charge in [-0.25, -0.2) is 4.79 Å². The first-order valence-electron chi connectivity index (χ1n) is 5.94. The number of hydrogen-bond acceptors (Lipinski definition) is 1. The van der Waals surface area contributed by atoms with Crippen LogP contribution < -0.4 is 5.69 Å². The van der Waals surface area contributed by atoms with Crippen molar-refractivity contribution in [1.29, 1.82) is 0 Å². The molecule has 1 aromatic carbocycles. The molecular formula is C15H14N2O. The lowest BCUT2D eigenvalue weighted by Gasteiger charge is -2.00. The Bertz CT molecular complexity index is 766. The van der Waals surface area contributed by atoms with E-state index in [1.165, 1.54) is 0 Å². The Morgan fingerprint density at radius 3 is 2.50 bits per heavy atom. The van der Waals surface area contributed by atoms with E-state index >= 15 is 0 Å². The third kappa shape index (κ3) is 1.56. The largest absolute Gasteiger partial charge is 0.330 e. The third-order valence-electron chi connectivity index (χ3n) is 3.23. The summed E-state index contributed by atoms with van der Waals surface area (Å²) in [6.45, 7) is 3.87. The van der Waals surface area contributed by atoms with Gasteiger partial charge in [0.15, 0.2) is 0 Å². The lowest BCUT2D eigenvalue weighted by molar-refractivity contribution is 0.948. The summed E-state index contributed by atoms with van der Waals surface area (Å²) < 4.78 is 1.72. The van der Waals surface area contributed by atoms with Crippen LogP contribution in [0.5, 0.6) is 0 Å². The maximum Gasteiger partial charge on any atom is 0.330 e. The van der Waals surface area contributed by atoms with E-state index in [1.807, 2.05) is 38.1 Å². The SMILES string of the molecule is Cc1cc2cc(-c3ccccc3)c(C)n2c(=O)[nH]1. The highest BCUT2D eigenvalue weighted by Crippen LogP contribution is 2.25. The fourth-order valence-electron chi connectivity index (χ4n) is 2.40. The van der Waals surface area contributed by atoms with Crippen molar-refractivity contribution in [3.8, 4) is 11.1 Å². The van der Waals surface area contributed by atoms with Crippen LogP contribution in [0.2, 0.25) is 0 Å². The predicted octanol–water partition coefficient (Wildman–Crippen LogP) is 2.91. The van der Waals surface area contributed by atoms with Crippen LogP contribution >= 0.6 is 0 Å². The van der Waals surface area contributed by atoms with Gasteiger partial charge in [0.1, 0.15) is 0 Å². The number of nitrogens with zero attached hydrogens (tertiary/aromatic N) is 1. The van der Waals surface area contributed by atoms with Gasteiger partial charge in [0.05, 0.1) is 5.52 Å². The maximum atomic E-state index is 12.0. The molecule has 0 saturated heterocycles. The number of aromatic nitrogens is 2. The molecule has 3 nitrogen and oxygen atoms in total. The molecule has 0 atom stereocenters. The molecule has 2 heterocycles. The summed E-state index contributed by atoms with van der Waals surface area (Å²) in [4.78, 5) is 14.8. The summed E-state index contributed by atoms with van der Waals surface area (Å²) in [6.07, 6.45) is 0. The van der Waals surface area contributed by atoms with E-state index in [0.717, 1.165) is 28.0 Å². The van der Waals surface area contributed by atoms with Crippen molar-refractivity contribution < 1.29 is 0 Å². The quantitative estimate of drug-likeness (QED) is 0.695. The van der Waals surface area contributed by atoms with Crippen molar-refractivity contribution in [2.75, 3.05) is 0 Å². The first-order valence-corrected chi connectivity index (χ1v) is 5.94. The van der Waals surface area contributed by atoms with Gasteiger partial charge in [0, 0.05) is 17.0 Å². The highest BCUT2D eigenvalue weighted by atomic mass is 16.1. The number of nitrogens with one attached hydrogen (secondary N) is 1. The summed E-state index contributed by atoms with van der Waals surface area (Å²) in [5.74, 6) is 0. The Hall–Kier alpha value is -2.29. The molecule has 3 heteroatoms. The van der Waals surface area contributed by atoms with E-state index in [-0.39, 0.29) is 5.69 Å². The number of rotatable bonds is 1. The molecule has 0 spiro atoms. The Morgan fingerprint density at radius 1 is 1.06 bits per heavy atom. The highest BCUT2D eigenvalue weighted by Gasteiger charge is 2.10. The van der Waals surface area contributed by atoms with Crippen molar-refractivity contribution in [1.82, 2.24) is 9.38 Å². The zero-order valence-corrected chi connectivity index (χ0v) is 10.4. The fraction of sp³-hybridized carbons (Fsp3) is 0.133. The van der Waals surface area contributed by atoms with Crippen LogP contribution in [0, 0.1) is 13.8 Å². The summed E-state index contributed by atoms with van der Waals surface area (Å²) in [5, 5.41) is 0. The van der Waals surface area contributed by atoms with Gasteiger partial charge in [-0.2, -0.15) is 0 Å². The van der Waals surface area contributed by atoms with E-state index in [1.54, 1.807) is 4.40 Å². The normalized spacial score (nSPS) is 11.0. The van der Waals surface area contributed by atoms with Crippen LogP contribution in [0.3, 0.4) is 0 Å². The number of hydrogen-bond donors (Lipinski definition) is 1. The number of aryl methyl sites for hydroxylation is 2. The van der Waals surface area contributed by atoms with E-state index in [2.05, 4.69) is 23.2 Å². The molecule has 90 valence electrons. The molecule has 0 aliphatic carbocycles. The second-order valence-electron chi connectivity index (χ2n) is 4.53. The average Bonchev–Trinajstić information content (AvgIpc) is 2.67. The van der Waals surface area contributed by atoms with Gasteiger partial charge >= 0.3 is 5.69 Å². The molecule has 0 radical (unpaired) electrons. The zero-order chi connectivity index (χ0) is 12.7. The number of H-pyrrole nitrogens is 1. The molecule has 0 bridgehead atoms. The van der Waals surface area contributed by atoms with Gasteiger partial charge in [0.2, 0.25) is 0 Å². The second-order valence-corrected chi connectivity index (χ2v) is 4.53. The average molecular weight is 238 g/mol.